The third-order valence-corrected chi connectivity index (χ3v) is 5.53. The normalized spacial score (nSPS) is 21.7. The number of pyridine rings is 1. The lowest BCUT2D eigenvalue weighted by Crippen LogP contribution is -2.54. The van der Waals surface area contributed by atoms with Gasteiger partial charge in [0.05, 0.1) is 11.2 Å². The maximum Gasteiger partial charge on any atom is 0.255 e. The van der Waals surface area contributed by atoms with Gasteiger partial charge in [-0.25, -0.2) is 4.98 Å². The summed E-state index contributed by atoms with van der Waals surface area (Å²) in [6.45, 7) is 0.393. The molecule has 0 saturated carbocycles. The van der Waals surface area contributed by atoms with Gasteiger partial charge in [-0.1, -0.05) is 30.3 Å². The number of aliphatic hydroxyl groups excluding tert-OH is 1. The van der Waals surface area contributed by atoms with E-state index in [4.69, 9.17) is 4.98 Å². The molecule has 2 aliphatic heterocycles. The average molecular weight is 373 g/mol. The third kappa shape index (κ3) is 2.73. The van der Waals surface area contributed by atoms with Gasteiger partial charge >= 0.3 is 0 Å². The first-order valence-corrected chi connectivity index (χ1v) is 9.39. The van der Waals surface area contributed by atoms with Crippen molar-refractivity contribution in [2.24, 2.45) is 0 Å². The van der Waals surface area contributed by atoms with Gasteiger partial charge in [0.2, 0.25) is 5.91 Å². The van der Waals surface area contributed by atoms with Crippen molar-refractivity contribution in [1.29, 1.82) is 0 Å². The van der Waals surface area contributed by atoms with Gasteiger partial charge in [0, 0.05) is 23.1 Å². The van der Waals surface area contributed by atoms with Crippen LogP contribution < -0.4 is 5.32 Å². The fourth-order valence-electron chi connectivity index (χ4n) is 4.06. The number of nitrogens with zero attached hydrogens (tertiary/aromatic N) is 2. The first-order chi connectivity index (χ1) is 13.6. The van der Waals surface area contributed by atoms with Gasteiger partial charge in [-0.2, -0.15) is 0 Å². The van der Waals surface area contributed by atoms with Crippen molar-refractivity contribution in [1.82, 2.24) is 15.2 Å². The highest BCUT2D eigenvalue weighted by molar-refractivity contribution is 6.01. The zero-order valence-corrected chi connectivity index (χ0v) is 15.1. The quantitative estimate of drug-likeness (QED) is 0.723. The van der Waals surface area contributed by atoms with E-state index in [1.807, 2.05) is 54.6 Å². The number of para-hydroxylation sites is 1. The van der Waals surface area contributed by atoms with Gasteiger partial charge in [0.15, 0.2) is 0 Å². The lowest BCUT2D eigenvalue weighted by atomic mass is 10.0. The Kier molecular flexibility index (Phi) is 3.87. The monoisotopic (exact) mass is 373 g/mol. The molecule has 5 rings (SSSR count). The van der Waals surface area contributed by atoms with E-state index in [-0.39, 0.29) is 11.8 Å². The van der Waals surface area contributed by atoms with E-state index >= 15 is 0 Å². The molecule has 2 aliphatic rings. The second-order valence-electron chi connectivity index (χ2n) is 7.31. The largest absolute Gasteiger partial charge is 0.374 e. The van der Waals surface area contributed by atoms with E-state index in [0.717, 1.165) is 27.7 Å². The van der Waals surface area contributed by atoms with Crippen molar-refractivity contribution in [3.63, 3.8) is 0 Å². The number of aliphatic hydroxyl groups is 1. The Hall–Kier alpha value is -3.25. The molecule has 6 heteroatoms. The van der Waals surface area contributed by atoms with Gasteiger partial charge in [-0.15, -0.1) is 0 Å². The molecule has 28 heavy (non-hydrogen) atoms. The van der Waals surface area contributed by atoms with E-state index in [1.54, 1.807) is 4.90 Å². The average Bonchev–Trinajstić information content (AvgIpc) is 3.03. The van der Waals surface area contributed by atoms with Crippen molar-refractivity contribution in [3.8, 4) is 11.3 Å². The van der Waals surface area contributed by atoms with E-state index < -0.39 is 12.3 Å². The van der Waals surface area contributed by atoms with Crippen molar-refractivity contribution in [2.45, 2.75) is 31.7 Å². The number of amides is 2. The van der Waals surface area contributed by atoms with Crippen LogP contribution in [0.4, 0.5) is 0 Å². The van der Waals surface area contributed by atoms with Crippen LogP contribution in [0.25, 0.3) is 22.2 Å². The maximum absolute atomic E-state index is 12.8. The minimum atomic E-state index is -0.825. The van der Waals surface area contributed by atoms with E-state index in [0.29, 0.717) is 24.9 Å². The molecule has 2 aromatic carbocycles. The molecule has 1 fully saturated rings. The number of hydrogen-bond donors (Lipinski definition) is 2. The molecule has 1 aromatic heterocycles. The lowest BCUT2D eigenvalue weighted by Gasteiger charge is -2.32. The molecule has 2 atom stereocenters. The van der Waals surface area contributed by atoms with Crippen LogP contribution in [-0.2, 0) is 11.3 Å². The van der Waals surface area contributed by atoms with Crippen molar-refractivity contribution >= 4 is 22.7 Å². The number of benzene rings is 2. The number of carbonyl (C=O) groups excluding carboxylic acids is 2. The smallest absolute Gasteiger partial charge is 0.255 e. The summed E-state index contributed by atoms with van der Waals surface area (Å²) in [5.74, 6) is -0.430. The molecule has 0 spiro atoms. The number of rotatable bonds is 2. The predicted molar refractivity (Wildman–Crippen MR) is 104 cm³/mol. The molecule has 0 aliphatic carbocycles. The predicted octanol–water partition coefficient (Wildman–Crippen LogP) is 2.45. The second kappa shape index (κ2) is 6.42. The number of nitrogens with one attached hydrogen (secondary N) is 1. The van der Waals surface area contributed by atoms with Gasteiger partial charge < -0.3 is 15.3 Å². The standard InChI is InChI=1S/C22H19N3O3/c26-20-10-9-19(21(27)24-20)25-12-15-11-14(5-7-16(15)22(25)28)18-8-6-13-3-1-2-4-17(13)23-18/h1-8,11,19-20,26H,9-10,12H2,(H,24,27). The van der Waals surface area contributed by atoms with Gasteiger partial charge in [-0.3, -0.25) is 9.59 Å². The fourth-order valence-corrected chi connectivity index (χ4v) is 4.06. The van der Waals surface area contributed by atoms with Crippen LogP contribution >= 0.6 is 0 Å². The van der Waals surface area contributed by atoms with Crippen LogP contribution in [0.1, 0.15) is 28.8 Å². The van der Waals surface area contributed by atoms with Crippen LogP contribution in [-0.4, -0.2) is 39.1 Å². The van der Waals surface area contributed by atoms with E-state index in [9.17, 15) is 14.7 Å². The highest BCUT2D eigenvalue weighted by Gasteiger charge is 2.39. The SMILES string of the molecule is O=C1NC(O)CCC1N1Cc2cc(-c3ccc4ccccc4n3)ccc2C1=O. The van der Waals surface area contributed by atoms with Gasteiger partial charge in [0.1, 0.15) is 12.3 Å². The molecule has 1 saturated heterocycles. The topological polar surface area (TPSA) is 82.5 Å². The minimum absolute atomic E-state index is 0.135. The highest BCUT2D eigenvalue weighted by Crippen LogP contribution is 2.31. The molecule has 0 bridgehead atoms. The highest BCUT2D eigenvalue weighted by atomic mass is 16.3. The lowest BCUT2D eigenvalue weighted by molar-refractivity contribution is -0.132. The molecule has 2 amide bonds. The van der Waals surface area contributed by atoms with E-state index in [1.165, 1.54) is 0 Å². The zero-order valence-electron chi connectivity index (χ0n) is 15.1. The minimum Gasteiger partial charge on any atom is -0.374 e. The Labute approximate surface area is 161 Å². The molecular formula is C22H19N3O3. The number of carbonyl (C=O) groups is 2. The molecule has 2 N–H and O–H groups in total. The van der Waals surface area contributed by atoms with Crippen LogP contribution in [0.5, 0.6) is 0 Å². The number of fused-ring (bicyclic) bond motifs is 2. The zero-order chi connectivity index (χ0) is 19.3. The fraction of sp³-hybridized carbons (Fsp3) is 0.227. The summed E-state index contributed by atoms with van der Waals surface area (Å²) in [5, 5.41) is 13.2. The Morgan fingerprint density at radius 3 is 2.75 bits per heavy atom. The Balaban J connectivity index is 1.46. The molecule has 0 radical (unpaired) electrons. The van der Waals surface area contributed by atoms with Crippen molar-refractivity contribution in [3.05, 3.63) is 65.7 Å². The van der Waals surface area contributed by atoms with Crippen molar-refractivity contribution < 1.29 is 14.7 Å². The first kappa shape index (κ1) is 16.9. The third-order valence-electron chi connectivity index (χ3n) is 5.53. The van der Waals surface area contributed by atoms with Gasteiger partial charge in [0.25, 0.3) is 5.91 Å². The molecular weight excluding hydrogens is 354 g/mol. The van der Waals surface area contributed by atoms with Crippen LogP contribution in [0.3, 0.4) is 0 Å². The Morgan fingerprint density at radius 1 is 1.04 bits per heavy atom. The Morgan fingerprint density at radius 2 is 1.89 bits per heavy atom. The van der Waals surface area contributed by atoms with E-state index in [2.05, 4.69) is 5.32 Å². The second-order valence-corrected chi connectivity index (χ2v) is 7.31. The number of aromatic nitrogens is 1. The van der Waals surface area contributed by atoms with Crippen molar-refractivity contribution in [2.75, 3.05) is 0 Å². The summed E-state index contributed by atoms with van der Waals surface area (Å²) < 4.78 is 0. The first-order valence-electron chi connectivity index (χ1n) is 9.39. The summed E-state index contributed by atoms with van der Waals surface area (Å²) in [5.41, 5.74) is 4.25. The summed E-state index contributed by atoms with van der Waals surface area (Å²) in [7, 11) is 0. The summed E-state index contributed by atoms with van der Waals surface area (Å²) in [6, 6.07) is 17.1. The maximum atomic E-state index is 12.8. The number of hydrogen-bond acceptors (Lipinski definition) is 4. The summed E-state index contributed by atoms with van der Waals surface area (Å²) >= 11 is 0. The van der Waals surface area contributed by atoms with Crippen LogP contribution in [0.15, 0.2) is 54.6 Å². The molecule has 2 unspecified atom stereocenters. The summed E-state index contributed by atoms with van der Waals surface area (Å²) in [6.07, 6.45) is 0.0867. The summed E-state index contributed by atoms with van der Waals surface area (Å²) in [4.78, 5) is 31.4. The number of piperidine rings is 1. The molecule has 140 valence electrons. The van der Waals surface area contributed by atoms with Gasteiger partial charge in [-0.05, 0) is 42.7 Å². The molecule has 3 heterocycles. The van der Waals surface area contributed by atoms with Crippen LogP contribution in [0.2, 0.25) is 0 Å². The Bertz CT molecular complexity index is 1110. The molecule has 6 nitrogen and oxygen atoms in total. The molecule has 3 aromatic rings. The van der Waals surface area contributed by atoms with Crippen LogP contribution in [0, 0.1) is 0 Å².